The van der Waals surface area contributed by atoms with Crippen LogP contribution in [0, 0.1) is 6.85 Å². The van der Waals surface area contributed by atoms with Crippen LogP contribution in [0.3, 0.4) is 0 Å². The molecule has 0 atom stereocenters. The highest BCUT2D eigenvalue weighted by Crippen LogP contribution is 2.15. The van der Waals surface area contributed by atoms with E-state index in [2.05, 4.69) is 0 Å². The number of nitrogens with zero attached hydrogens (tertiary/aromatic N) is 1. The minimum absolute atomic E-state index is 0.399. The van der Waals surface area contributed by atoms with Gasteiger partial charge in [-0.3, -0.25) is 0 Å². The van der Waals surface area contributed by atoms with Gasteiger partial charge in [-0.25, -0.2) is 0 Å². The molecule has 0 N–H and O–H groups in total. The fourth-order valence-electron chi connectivity index (χ4n) is 1.28. The highest BCUT2D eigenvalue weighted by atomic mass is 14.9. The van der Waals surface area contributed by atoms with E-state index in [9.17, 15) is 0 Å². The molecule has 0 bridgehead atoms. The third-order valence-electron chi connectivity index (χ3n) is 1.89. The van der Waals surface area contributed by atoms with Crippen LogP contribution in [-0.2, 0) is 7.05 Å². The van der Waals surface area contributed by atoms with E-state index in [4.69, 9.17) is 4.11 Å². The molecule has 2 aromatic rings. The van der Waals surface area contributed by atoms with Gasteiger partial charge in [-0.1, -0.05) is 11.6 Å². The summed E-state index contributed by atoms with van der Waals surface area (Å²) in [4.78, 5) is 0. The van der Waals surface area contributed by atoms with Crippen molar-refractivity contribution < 1.29 is 4.11 Å². The molecule has 0 saturated carbocycles. The van der Waals surface area contributed by atoms with E-state index in [1.54, 1.807) is 12.1 Å². The molecule has 1 heterocycles. The zero-order valence-electron chi connectivity index (χ0n) is 9.33. The molecular weight excluding hydrogens is 134 g/mol. The van der Waals surface area contributed by atoms with Crippen LogP contribution >= 0.6 is 0 Å². The Morgan fingerprint density at radius 2 is 2.27 bits per heavy atom. The monoisotopic (exact) mass is 148 g/mol. The Hall–Kier alpha value is -1.24. The van der Waals surface area contributed by atoms with Gasteiger partial charge in [0, 0.05) is 22.9 Å². The van der Waals surface area contributed by atoms with Gasteiger partial charge in [0.05, 0.1) is 0 Å². The zero-order valence-corrected chi connectivity index (χ0v) is 6.33. The van der Waals surface area contributed by atoms with Gasteiger partial charge in [0.1, 0.15) is 0 Å². The summed E-state index contributed by atoms with van der Waals surface area (Å²) in [5.74, 6) is 0. The van der Waals surface area contributed by atoms with Gasteiger partial charge in [-0.15, -0.1) is 0 Å². The van der Waals surface area contributed by atoms with Crippen molar-refractivity contribution >= 4 is 10.9 Å². The Bertz CT molecular complexity index is 468. The summed E-state index contributed by atoms with van der Waals surface area (Å²) in [6.45, 7) is -2.01. The second-order valence-electron chi connectivity index (χ2n) is 2.70. The van der Waals surface area contributed by atoms with Crippen molar-refractivity contribution in [3.05, 3.63) is 36.0 Å². The molecule has 0 saturated heterocycles. The largest absolute Gasteiger partial charge is 0.351 e. The Morgan fingerprint density at radius 3 is 3.09 bits per heavy atom. The van der Waals surface area contributed by atoms with E-state index in [-0.39, 0.29) is 0 Å². The van der Waals surface area contributed by atoms with Crippen LogP contribution in [0.15, 0.2) is 30.5 Å². The van der Waals surface area contributed by atoms with Gasteiger partial charge in [-0.05, 0) is 30.4 Å². The van der Waals surface area contributed by atoms with Gasteiger partial charge in [-0.2, -0.15) is 0 Å². The van der Waals surface area contributed by atoms with Crippen molar-refractivity contribution in [2.75, 3.05) is 0 Å². The van der Waals surface area contributed by atoms with Gasteiger partial charge >= 0.3 is 0 Å². The molecule has 1 nitrogen and oxygen atoms in total. The summed E-state index contributed by atoms with van der Waals surface area (Å²) < 4.78 is 23.8. The first kappa shape index (κ1) is 3.96. The molecule has 56 valence electrons. The highest BCUT2D eigenvalue weighted by molar-refractivity contribution is 5.80. The zero-order chi connectivity index (χ0) is 10.3. The Kier molecular flexibility index (Phi) is 0.764. The molecule has 0 aliphatic rings. The fraction of sp³-hybridized carbons (Fsp3) is 0.200. The van der Waals surface area contributed by atoms with E-state index in [0.717, 1.165) is 10.9 Å². The molecule has 1 aromatic carbocycles. The van der Waals surface area contributed by atoms with Gasteiger partial charge in [0.25, 0.3) is 0 Å². The first-order chi connectivity index (χ1) is 6.48. The summed E-state index contributed by atoms with van der Waals surface area (Å²) in [6.07, 6.45) is 1.92. The smallest absolute Gasteiger partial charge is 0.0477 e. The third kappa shape index (κ3) is 0.929. The lowest BCUT2D eigenvalue weighted by atomic mass is 10.2. The maximum atomic E-state index is 7.28. The molecule has 0 radical (unpaired) electrons. The van der Waals surface area contributed by atoms with Gasteiger partial charge < -0.3 is 4.57 Å². The van der Waals surface area contributed by atoms with Crippen molar-refractivity contribution in [2.24, 2.45) is 7.05 Å². The molecule has 0 amide bonds. The number of aryl methyl sites for hydroxylation is 2. The van der Waals surface area contributed by atoms with Crippen molar-refractivity contribution in [1.82, 2.24) is 4.57 Å². The van der Waals surface area contributed by atoms with Gasteiger partial charge in [0.15, 0.2) is 0 Å². The highest BCUT2D eigenvalue weighted by Gasteiger charge is 1.95. The van der Waals surface area contributed by atoms with E-state index in [1.165, 1.54) is 0 Å². The van der Waals surface area contributed by atoms with Crippen LogP contribution in [0.1, 0.15) is 9.68 Å². The summed E-state index contributed by atoms with van der Waals surface area (Å²) in [7, 11) is 1.94. The maximum absolute atomic E-state index is 7.28. The van der Waals surface area contributed by atoms with Crippen molar-refractivity contribution in [2.45, 2.75) is 6.85 Å². The SMILES string of the molecule is [2H]C([2H])([2H])c1ccc2c(ccn2C)c1. The first-order valence-electron chi connectivity index (χ1n) is 5.04. The molecule has 11 heavy (non-hydrogen) atoms. The van der Waals surface area contributed by atoms with E-state index < -0.39 is 6.85 Å². The first-order valence-corrected chi connectivity index (χ1v) is 3.54. The van der Waals surface area contributed by atoms with Crippen molar-refractivity contribution in [1.29, 1.82) is 0 Å². The maximum Gasteiger partial charge on any atom is 0.0477 e. The number of hydrogen-bond acceptors (Lipinski definition) is 0. The Morgan fingerprint density at radius 1 is 1.36 bits per heavy atom. The Balaban J connectivity index is 2.63. The minimum Gasteiger partial charge on any atom is -0.351 e. The van der Waals surface area contributed by atoms with Crippen LogP contribution in [0.5, 0.6) is 0 Å². The molecule has 0 aliphatic carbocycles. The normalized spacial score (nSPS) is 15.9. The predicted octanol–water partition coefficient (Wildman–Crippen LogP) is 2.49. The standard InChI is InChI=1S/C10H11N/c1-8-3-4-10-9(7-8)5-6-11(10)2/h3-7H,1-2H3/i1D3. The molecule has 1 aromatic heterocycles. The third-order valence-corrected chi connectivity index (χ3v) is 1.89. The predicted molar refractivity (Wildman–Crippen MR) is 47.7 cm³/mol. The number of aromatic nitrogens is 1. The lowest BCUT2D eigenvalue weighted by molar-refractivity contribution is 0.969. The average Bonchev–Trinajstić information content (AvgIpc) is 2.46. The lowest BCUT2D eigenvalue weighted by Gasteiger charge is -1.95. The van der Waals surface area contributed by atoms with E-state index in [0.29, 0.717) is 5.56 Å². The van der Waals surface area contributed by atoms with E-state index >= 15 is 0 Å². The molecule has 1 heteroatoms. The summed E-state index contributed by atoms with van der Waals surface area (Å²) in [5.41, 5.74) is 1.45. The van der Waals surface area contributed by atoms with Crippen LogP contribution in [0.25, 0.3) is 10.9 Å². The minimum atomic E-state index is -2.01. The van der Waals surface area contributed by atoms with Crippen LogP contribution < -0.4 is 0 Å². The van der Waals surface area contributed by atoms with Crippen molar-refractivity contribution in [3.63, 3.8) is 0 Å². The number of fused-ring (bicyclic) bond motifs is 1. The number of benzene rings is 1. The molecule has 0 unspecified atom stereocenters. The van der Waals surface area contributed by atoms with Crippen molar-refractivity contribution in [3.8, 4) is 0 Å². The summed E-state index contributed by atoms with van der Waals surface area (Å²) >= 11 is 0. The molecule has 0 fully saturated rings. The topological polar surface area (TPSA) is 4.93 Å². The lowest BCUT2D eigenvalue weighted by Crippen LogP contribution is -1.82. The van der Waals surface area contributed by atoms with Gasteiger partial charge in [0.2, 0.25) is 0 Å². The molecule has 2 rings (SSSR count). The van der Waals surface area contributed by atoms with E-state index in [1.807, 2.05) is 29.9 Å². The van der Waals surface area contributed by atoms with Crippen LogP contribution in [-0.4, -0.2) is 4.57 Å². The second-order valence-corrected chi connectivity index (χ2v) is 2.70. The fourth-order valence-corrected chi connectivity index (χ4v) is 1.28. The Labute approximate surface area is 70.5 Å². The quantitative estimate of drug-likeness (QED) is 0.541. The second kappa shape index (κ2) is 2.12. The molecule has 0 aliphatic heterocycles. The van der Waals surface area contributed by atoms with Crippen LogP contribution in [0.4, 0.5) is 0 Å². The molecule has 0 spiro atoms. The summed E-state index contributed by atoms with van der Waals surface area (Å²) in [6, 6.07) is 7.15. The average molecular weight is 148 g/mol. The molecular formula is C10H11N. The number of rotatable bonds is 0. The van der Waals surface area contributed by atoms with Crippen LogP contribution in [0.2, 0.25) is 0 Å². The summed E-state index contributed by atoms with van der Waals surface area (Å²) in [5, 5.41) is 0.973. The number of hydrogen-bond donors (Lipinski definition) is 0.